The molecule has 0 aromatic heterocycles. The third-order valence-electron chi connectivity index (χ3n) is 10.9. The molecule has 0 spiro atoms. The van der Waals surface area contributed by atoms with Crippen molar-refractivity contribution in [3.8, 4) is 0 Å². The Hall–Kier alpha value is -5.22. The molecule has 0 saturated carbocycles. The van der Waals surface area contributed by atoms with E-state index in [0.29, 0.717) is 217 Å². The van der Waals surface area contributed by atoms with Gasteiger partial charge in [-0.1, -0.05) is 39.5 Å². The minimum atomic E-state index is -0.104. The van der Waals surface area contributed by atoms with Gasteiger partial charge in [0.25, 0.3) is 0 Å². The first-order valence-corrected chi connectivity index (χ1v) is 26.7. The molecule has 0 saturated heterocycles. The Balaban J connectivity index is -0.00000135. The maximum atomic E-state index is 12.6. The van der Waals surface area contributed by atoms with Gasteiger partial charge in [0.05, 0.1) is 0 Å². The molecule has 18 N–H and O–H groups in total. The van der Waals surface area contributed by atoms with Gasteiger partial charge in [-0.3, -0.25) is 28.8 Å². The number of nitrogens with one attached hydrogen (secondary N) is 6. The molecular weight excluding hydrogens is 985 g/mol. The van der Waals surface area contributed by atoms with E-state index in [0.717, 1.165) is 0 Å². The van der Waals surface area contributed by atoms with Gasteiger partial charge in [-0.15, -0.1) is 0 Å². The van der Waals surface area contributed by atoms with Gasteiger partial charge in [-0.05, 0) is 41.5 Å². The number of carbonyl (C=O) groups is 6. The zero-order valence-corrected chi connectivity index (χ0v) is 48.3. The largest absolute Gasteiger partial charge is 0.336 e. The second-order valence-electron chi connectivity index (χ2n) is 18.3. The summed E-state index contributed by atoms with van der Waals surface area (Å²) in [7, 11) is 0. The van der Waals surface area contributed by atoms with Gasteiger partial charge in [-0.2, -0.15) is 0 Å². The molecule has 444 valence electrons. The predicted molar refractivity (Wildman–Crippen MR) is 315 cm³/mol. The summed E-state index contributed by atoms with van der Waals surface area (Å²) < 4.78 is 0. The fraction of sp³-hybridized carbons (Fsp3) is 0.660. The van der Waals surface area contributed by atoms with Crippen molar-refractivity contribution in [2.75, 3.05) is 190 Å². The quantitative estimate of drug-likeness (QED) is 0.0161. The van der Waals surface area contributed by atoms with E-state index in [1.807, 2.05) is 0 Å². The number of carbonyl (C=O) groups excluding carboxylic acids is 6. The molecule has 0 bridgehead atoms. The van der Waals surface area contributed by atoms with Gasteiger partial charge in [0.15, 0.2) is 0 Å². The topological polar surface area (TPSA) is 350 Å². The third-order valence-corrected chi connectivity index (χ3v) is 10.9. The molecule has 0 aromatic carbocycles. The first-order valence-electron chi connectivity index (χ1n) is 26.7. The summed E-state index contributed by atoms with van der Waals surface area (Å²) >= 11 is 0. The lowest BCUT2D eigenvalue weighted by atomic mass is 10.2. The van der Waals surface area contributed by atoms with Gasteiger partial charge in [0.1, 0.15) is 0 Å². The van der Waals surface area contributed by atoms with Gasteiger partial charge >= 0.3 is 0 Å². The fourth-order valence-corrected chi connectivity index (χ4v) is 6.91. The minimum Gasteiger partial charge on any atom is -0.336 e. The number of hydrogen-bond donors (Lipinski definition) is 12. The van der Waals surface area contributed by atoms with E-state index < -0.39 is 0 Å². The molecule has 0 aliphatic heterocycles. The number of rotatable bonds is 44. The van der Waals surface area contributed by atoms with Gasteiger partial charge in [-0.25, -0.2) is 0 Å². The first-order chi connectivity index (χ1) is 36.5. The molecule has 0 fully saturated rings. The van der Waals surface area contributed by atoms with Crippen LogP contribution in [0.15, 0.2) is 72.9 Å². The predicted octanol–water partition coefficient (Wildman–Crippen LogP) is -3.37. The molecule has 0 atom stereocenters. The monoisotopic (exact) mass is 1090 g/mol. The maximum absolute atomic E-state index is 12.6. The van der Waals surface area contributed by atoms with Crippen molar-refractivity contribution in [2.45, 2.75) is 41.5 Å². The highest BCUT2D eigenvalue weighted by Gasteiger charge is 2.19. The molecule has 0 unspecified atom stereocenters. The molecule has 0 aromatic rings. The molecule has 0 heterocycles. The third kappa shape index (κ3) is 38.9. The molecule has 0 aliphatic carbocycles. The van der Waals surface area contributed by atoms with E-state index in [4.69, 9.17) is 22.9 Å². The van der Waals surface area contributed by atoms with Crippen molar-refractivity contribution >= 4 is 35.4 Å². The smallest absolute Gasteiger partial charge is 0.248 e. The number of amides is 6. The van der Waals surface area contributed by atoms with Gasteiger partial charge < -0.3 is 95.7 Å². The first kappa shape index (κ1) is 76.0. The summed E-state index contributed by atoms with van der Waals surface area (Å²) in [6, 6.07) is 0. The van der Waals surface area contributed by atoms with E-state index in [1.165, 1.54) is 0 Å². The summed E-state index contributed by atoms with van der Waals surface area (Å²) in [5, 5.41) is 19.6. The van der Waals surface area contributed by atoms with Crippen LogP contribution in [0.3, 0.4) is 0 Å². The lowest BCUT2D eigenvalue weighted by Crippen LogP contribution is -2.45. The van der Waals surface area contributed by atoms with Crippen molar-refractivity contribution in [1.82, 2.24) is 61.3 Å². The highest BCUT2D eigenvalue weighted by molar-refractivity contribution is 5.94. The van der Waals surface area contributed by atoms with Crippen LogP contribution in [0.1, 0.15) is 41.5 Å². The Kier molecular flexibility index (Phi) is 48.5. The van der Waals surface area contributed by atoms with Gasteiger partial charge in [0.2, 0.25) is 35.4 Å². The van der Waals surface area contributed by atoms with E-state index in [2.05, 4.69) is 82.8 Å². The summed E-state index contributed by atoms with van der Waals surface area (Å²) in [6.45, 7) is 48.4. The molecular formula is C53H106N18O6. The van der Waals surface area contributed by atoms with Crippen LogP contribution < -0.4 is 66.3 Å². The van der Waals surface area contributed by atoms with Gasteiger partial charge in [0, 0.05) is 223 Å². The van der Waals surface area contributed by atoms with Crippen molar-refractivity contribution in [1.29, 1.82) is 0 Å². The van der Waals surface area contributed by atoms with E-state index in [9.17, 15) is 28.8 Å². The Labute approximate surface area is 462 Å². The molecule has 77 heavy (non-hydrogen) atoms. The summed E-state index contributed by atoms with van der Waals surface area (Å²) in [5.41, 5.74) is 34.4. The van der Waals surface area contributed by atoms with E-state index in [1.54, 1.807) is 70.9 Å². The molecule has 0 aliphatic rings. The molecule has 24 nitrogen and oxygen atoms in total. The average Bonchev–Trinajstić information content (AvgIpc) is 3.38. The normalized spacial score (nSPS) is 10.4. The van der Waals surface area contributed by atoms with Crippen LogP contribution in [0.2, 0.25) is 0 Å². The second kappa shape index (κ2) is 49.1. The summed E-state index contributed by atoms with van der Waals surface area (Å²) in [5.74, 6) is -0.555. The van der Waals surface area contributed by atoms with Crippen molar-refractivity contribution in [3.63, 3.8) is 0 Å². The maximum Gasteiger partial charge on any atom is 0.248 e. The Morgan fingerprint density at radius 1 is 0.260 bits per heavy atom. The summed E-state index contributed by atoms with van der Waals surface area (Å²) in [4.78, 5) is 84.7. The zero-order valence-electron chi connectivity index (χ0n) is 48.3. The average molecular weight is 1090 g/mol. The lowest BCUT2D eigenvalue weighted by Gasteiger charge is -2.26. The van der Waals surface area contributed by atoms with Crippen LogP contribution in [0.25, 0.3) is 0 Å². The molecule has 0 rings (SSSR count). The van der Waals surface area contributed by atoms with Crippen LogP contribution in [-0.4, -0.2) is 255 Å². The van der Waals surface area contributed by atoms with Crippen LogP contribution in [0.5, 0.6) is 0 Å². The number of nitrogens with two attached hydrogens (primary N) is 6. The second-order valence-corrected chi connectivity index (χ2v) is 18.3. The zero-order chi connectivity index (χ0) is 59.1. The van der Waals surface area contributed by atoms with Crippen molar-refractivity contribution in [3.05, 3.63) is 72.9 Å². The van der Waals surface area contributed by atoms with Crippen LogP contribution in [-0.2, 0) is 28.8 Å². The van der Waals surface area contributed by atoms with E-state index in [-0.39, 0.29) is 42.1 Å². The van der Waals surface area contributed by atoms with Crippen LogP contribution >= 0.6 is 0 Å². The lowest BCUT2D eigenvalue weighted by molar-refractivity contribution is -0.128. The van der Waals surface area contributed by atoms with Crippen LogP contribution in [0.4, 0.5) is 0 Å². The van der Waals surface area contributed by atoms with Crippen molar-refractivity contribution < 1.29 is 28.8 Å². The minimum absolute atomic E-state index is 0.0727. The Morgan fingerprint density at radius 3 is 0.506 bits per heavy atom. The Bertz CT molecular complexity index is 1660. The molecule has 6 amide bonds. The molecule has 0 radical (unpaired) electrons. The molecule has 24 heteroatoms. The van der Waals surface area contributed by atoms with Crippen LogP contribution in [0, 0.1) is 0 Å². The summed E-state index contributed by atoms with van der Waals surface area (Å²) in [6.07, 6.45) is 0. The highest BCUT2D eigenvalue weighted by atomic mass is 16.2. The number of hydrogen-bond acceptors (Lipinski definition) is 18. The fourth-order valence-electron chi connectivity index (χ4n) is 6.91. The standard InChI is InChI=1S/2C26H50N8O3.CH6N2/c2*1-21(2)24(35)32(15-8-28)16-11-30-12-19-34(26(37)23(5)6)20-14-31-13-18-33(25(36)22(3)4)17-10-29-9-7-27;2-1-3/h2*29-31H,1,3,5,7-20,27-28H2,2,4,6H3;1-3H2. The van der Waals surface area contributed by atoms with Crippen molar-refractivity contribution in [2.24, 2.45) is 34.4 Å². The SMILES string of the molecule is C=C(C)C(=O)N(CCN)CCNCCN(CCNCCN(CCNCCN)C(=O)C(=C)C)C(=O)C(=C)C.C=C(C)C(=O)N(CCN)CCNCCN(CCNCCN(CCNCCN)C(=O)C(=C)C)C(=O)C(=C)C.NCN. The number of nitrogens with zero attached hydrogens (tertiary/aromatic N) is 6. The highest BCUT2D eigenvalue weighted by Crippen LogP contribution is 2.03. The van der Waals surface area contributed by atoms with E-state index >= 15 is 0 Å². The Morgan fingerprint density at radius 2 is 0.390 bits per heavy atom.